The second-order valence-corrected chi connectivity index (χ2v) is 7.19. The molecule has 2 aromatic rings. The van der Waals surface area contributed by atoms with Gasteiger partial charge < -0.3 is 14.8 Å². The highest BCUT2D eigenvalue weighted by Crippen LogP contribution is 2.34. The van der Waals surface area contributed by atoms with Gasteiger partial charge in [-0.3, -0.25) is 10.1 Å². The highest BCUT2D eigenvalue weighted by atomic mass is 16.6. The van der Waals surface area contributed by atoms with Crippen LogP contribution in [0.15, 0.2) is 42.5 Å². The monoisotopic (exact) mass is 379 g/mol. The van der Waals surface area contributed by atoms with Crippen LogP contribution in [0.2, 0.25) is 0 Å². The fourth-order valence-corrected chi connectivity index (χ4v) is 3.15. The van der Waals surface area contributed by atoms with Crippen LogP contribution in [-0.4, -0.2) is 25.2 Å². The van der Waals surface area contributed by atoms with E-state index in [0.29, 0.717) is 24.5 Å². The molecule has 0 spiro atoms. The van der Waals surface area contributed by atoms with Gasteiger partial charge in [0, 0.05) is 11.7 Å². The maximum atomic E-state index is 12.6. The van der Waals surface area contributed by atoms with Gasteiger partial charge in [-0.25, -0.2) is 0 Å². The molecule has 2 atom stereocenters. The number of rotatable bonds is 6. The van der Waals surface area contributed by atoms with Crippen molar-refractivity contribution in [3.05, 3.63) is 53.6 Å². The van der Waals surface area contributed by atoms with Crippen LogP contribution in [0.4, 0.5) is 5.69 Å². The van der Waals surface area contributed by atoms with Gasteiger partial charge in [0.25, 0.3) is 0 Å². The molecule has 6 heteroatoms. The SMILES string of the molecule is CC(NC(c1ccc2c(c1)OCCO2)C(C)C)C(=O)Nc1ccc(C#N)cc1. The summed E-state index contributed by atoms with van der Waals surface area (Å²) in [6.45, 7) is 7.16. The lowest BCUT2D eigenvalue weighted by Gasteiger charge is -2.28. The molecule has 0 fully saturated rings. The summed E-state index contributed by atoms with van der Waals surface area (Å²) in [6, 6.07) is 14.4. The maximum Gasteiger partial charge on any atom is 0.241 e. The van der Waals surface area contributed by atoms with E-state index in [4.69, 9.17) is 14.7 Å². The van der Waals surface area contributed by atoms with Crippen LogP contribution >= 0.6 is 0 Å². The van der Waals surface area contributed by atoms with Crippen LogP contribution < -0.4 is 20.1 Å². The Kier molecular flexibility index (Phi) is 6.17. The normalized spacial score (nSPS) is 14.8. The van der Waals surface area contributed by atoms with Crippen LogP contribution in [0.5, 0.6) is 11.5 Å². The lowest BCUT2D eigenvalue weighted by Crippen LogP contribution is -2.41. The molecule has 1 heterocycles. The average Bonchev–Trinajstić information content (AvgIpc) is 2.71. The molecule has 1 aliphatic rings. The van der Waals surface area contributed by atoms with Crippen molar-refractivity contribution in [2.75, 3.05) is 18.5 Å². The van der Waals surface area contributed by atoms with E-state index in [9.17, 15) is 4.79 Å². The zero-order chi connectivity index (χ0) is 20.1. The van der Waals surface area contributed by atoms with Gasteiger partial charge in [0.05, 0.1) is 17.7 Å². The number of carbonyl (C=O) groups is 1. The molecule has 1 amide bonds. The standard InChI is InChI=1S/C22H25N3O3/c1-14(2)21(17-6-9-19-20(12-17)28-11-10-27-19)24-15(3)22(26)25-18-7-4-16(13-23)5-8-18/h4-9,12,14-15,21,24H,10-11H2,1-3H3,(H,25,26). The Hall–Kier alpha value is -3.04. The first-order chi connectivity index (χ1) is 13.5. The average molecular weight is 379 g/mol. The predicted octanol–water partition coefficient (Wildman–Crippen LogP) is 3.64. The number of nitriles is 1. The predicted molar refractivity (Wildman–Crippen MR) is 107 cm³/mol. The second-order valence-electron chi connectivity index (χ2n) is 7.19. The van der Waals surface area contributed by atoms with Crippen LogP contribution in [0.3, 0.4) is 0 Å². The van der Waals surface area contributed by atoms with Gasteiger partial charge >= 0.3 is 0 Å². The molecule has 0 radical (unpaired) electrons. The van der Waals surface area contributed by atoms with Crippen LogP contribution in [0, 0.1) is 17.2 Å². The van der Waals surface area contributed by atoms with Gasteiger partial charge in [0.15, 0.2) is 11.5 Å². The van der Waals surface area contributed by atoms with E-state index < -0.39 is 6.04 Å². The zero-order valence-corrected chi connectivity index (χ0v) is 16.4. The van der Waals surface area contributed by atoms with E-state index in [1.54, 1.807) is 24.3 Å². The quantitative estimate of drug-likeness (QED) is 0.801. The molecular weight excluding hydrogens is 354 g/mol. The fourth-order valence-electron chi connectivity index (χ4n) is 3.15. The molecule has 146 valence electrons. The first-order valence-electron chi connectivity index (χ1n) is 9.44. The van der Waals surface area contributed by atoms with E-state index in [0.717, 1.165) is 17.1 Å². The lowest BCUT2D eigenvalue weighted by molar-refractivity contribution is -0.118. The molecule has 1 aliphatic heterocycles. The second kappa shape index (κ2) is 8.77. The highest BCUT2D eigenvalue weighted by Gasteiger charge is 2.23. The Balaban J connectivity index is 1.69. The Bertz CT molecular complexity index is 872. The Morgan fingerprint density at radius 3 is 2.36 bits per heavy atom. The molecule has 0 aromatic heterocycles. The van der Waals surface area contributed by atoms with E-state index in [2.05, 4.69) is 30.6 Å². The van der Waals surface area contributed by atoms with Gasteiger partial charge in [0.1, 0.15) is 13.2 Å². The minimum atomic E-state index is -0.406. The van der Waals surface area contributed by atoms with E-state index >= 15 is 0 Å². The molecule has 0 aliphatic carbocycles. The molecule has 0 saturated heterocycles. The Morgan fingerprint density at radius 2 is 1.71 bits per heavy atom. The largest absolute Gasteiger partial charge is 0.486 e. The van der Waals surface area contributed by atoms with Crippen molar-refractivity contribution in [1.82, 2.24) is 5.32 Å². The number of ether oxygens (including phenoxy) is 2. The van der Waals surface area contributed by atoms with Crippen molar-refractivity contribution in [2.24, 2.45) is 5.92 Å². The molecule has 2 N–H and O–H groups in total. The van der Waals surface area contributed by atoms with Crippen molar-refractivity contribution >= 4 is 11.6 Å². The van der Waals surface area contributed by atoms with Crippen LogP contribution in [-0.2, 0) is 4.79 Å². The van der Waals surface area contributed by atoms with Gasteiger partial charge in [0.2, 0.25) is 5.91 Å². The summed E-state index contributed by atoms with van der Waals surface area (Å²) < 4.78 is 11.3. The van der Waals surface area contributed by atoms with Crippen LogP contribution in [0.25, 0.3) is 0 Å². The minimum Gasteiger partial charge on any atom is -0.486 e. The summed E-state index contributed by atoms with van der Waals surface area (Å²) in [4.78, 5) is 12.6. The number of hydrogen-bond acceptors (Lipinski definition) is 5. The molecule has 3 rings (SSSR count). The maximum absolute atomic E-state index is 12.6. The molecule has 0 saturated carbocycles. The minimum absolute atomic E-state index is 0.0162. The number of nitrogens with zero attached hydrogens (tertiary/aromatic N) is 1. The molecule has 28 heavy (non-hydrogen) atoms. The fraction of sp³-hybridized carbons (Fsp3) is 0.364. The molecule has 6 nitrogen and oxygen atoms in total. The van der Waals surface area contributed by atoms with E-state index in [1.807, 2.05) is 25.1 Å². The molecule has 2 unspecified atom stereocenters. The van der Waals surface area contributed by atoms with Gasteiger partial charge in [-0.1, -0.05) is 19.9 Å². The van der Waals surface area contributed by atoms with E-state index in [1.165, 1.54) is 0 Å². The summed E-state index contributed by atoms with van der Waals surface area (Å²) in [5, 5.41) is 15.2. The van der Waals surface area contributed by atoms with Crippen molar-refractivity contribution in [3.8, 4) is 17.6 Å². The number of amides is 1. The lowest BCUT2D eigenvalue weighted by atomic mass is 9.94. The van der Waals surface area contributed by atoms with Crippen molar-refractivity contribution < 1.29 is 14.3 Å². The number of hydrogen-bond donors (Lipinski definition) is 2. The Morgan fingerprint density at radius 1 is 1.04 bits per heavy atom. The first kappa shape index (κ1) is 19.7. The number of carbonyl (C=O) groups excluding carboxylic acids is 1. The summed E-state index contributed by atoms with van der Waals surface area (Å²) in [5.74, 6) is 1.63. The molecule has 0 bridgehead atoms. The number of fused-ring (bicyclic) bond motifs is 1. The number of nitrogens with one attached hydrogen (secondary N) is 2. The summed E-state index contributed by atoms with van der Waals surface area (Å²) in [6.07, 6.45) is 0. The third-order valence-electron chi connectivity index (χ3n) is 4.70. The zero-order valence-electron chi connectivity index (χ0n) is 16.4. The smallest absolute Gasteiger partial charge is 0.241 e. The van der Waals surface area contributed by atoms with Crippen molar-refractivity contribution in [1.29, 1.82) is 5.26 Å². The molecule has 2 aromatic carbocycles. The summed E-state index contributed by atoms with van der Waals surface area (Å²) in [5.41, 5.74) is 2.28. The van der Waals surface area contributed by atoms with Crippen molar-refractivity contribution in [2.45, 2.75) is 32.9 Å². The Labute approximate surface area is 165 Å². The number of benzene rings is 2. The third-order valence-corrected chi connectivity index (χ3v) is 4.70. The topological polar surface area (TPSA) is 83.4 Å². The first-order valence-corrected chi connectivity index (χ1v) is 9.44. The van der Waals surface area contributed by atoms with Crippen molar-refractivity contribution in [3.63, 3.8) is 0 Å². The molecular formula is C22H25N3O3. The summed E-state index contributed by atoms with van der Waals surface area (Å²) in [7, 11) is 0. The van der Waals surface area contributed by atoms with Crippen LogP contribution in [0.1, 0.15) is 37.9 Å². The number of anilines is 1. The van der Waals surface area contributed by atoms with Gasteiger partial charge in [-0.05, 0) is 54.8 Å². The van der Waals surface area contributed by atoms with E-state index in [-0.39, 0.29) is 17.9 Å². The van der Waals surface area contributed by atoms with Gasteiger partial charge in [-0.15, -0.1) is 0 Å². The third kappa shape index (κ3) is 4.62. The highest BCUT2D eigenvalue weighted by molar-refractivity contribution is 5.94. The van der Waals surface area contributed by atoms with Gasteiger partial charge in [-0.2, -0.15) is 5.26 Å². The summed E-state index contributed by atoms with van der Waals surface area (Å²) >= 11 is 0.